The minimum absolute atomic E-state index is 0.157. The predicted molar refractivity (Wildman–Crippen MR) is 103 cm³/mol. The Labute approximate surface area is 156 Å². The zero-order valence-electron chi connectivity index (χ0n) is 14.5. The van der Waals surface area contributed by atoms with Crippen LogP contribution in [0.25, 0.3) is 0 Å². The van der Waals surface area contributed by atoms with Crippen LogP contribution >= 0.6 is 15.9 Å². The lowest BCUT2D eigenvalue weighted by Crippen LogP contribution is -2.50. The van der Waals surface area contributed by atoms with Gasteiger partial charge in [-0.25, -0.2) is 4.98 Å². The SMILES string of the molecule is CCC1(C)CN(c2ncccc2C(=O)Nc2ccc(Br)cc2)CCO1. The van der Waals surface area contributed by atoms with E-state index < -0.39 is 0 Å². The summed E-state index contributed by atoms with van der Waals surface area (Å²) < 4.78 is 6.87. The fourth-order valence-electron chi connectivity index (χ4n) is 2.88. The third-order valence-corrected chi connectivity index (χ3v) is 5.05. The largest absolute Gasteiger partial charge is 0.372 e. The Kier molecular flexibility index (Phi) is 5.39. The number of carbonyl (C=O) groups excluding carboxylic acids is 1. The molecular weight excluding hydrogens is 382 g/mol. The van der Waals surface area contributed by atoms with Crippen LogP contribution in [0.5, 0.6) is 0 Å². The molecule has 1 aromatic carbocycles. The topological polar surface area (TPSA) is 54.5 Å². The maximum atomic E-state index is 12.8. The highest BCUT2D eigenvalue weighted by molar-refractivity contribution is 9.10. The summed E-state index contributed by atoms with van der Waals surface area (Å²) in [6, 6.07) is 11.1. The number of rotatable bonds is 4. The van der Waals surface area contributed by atoms with Crippen LogP contribution in [0.1, 0.15) is 30.6 Å². The predicted octanol–water partition coefficient (Wildman–Crippen LogP) is 4.10. The van der Waals surface area contributed by atoms with Gasteiger partial charge in [0.15, 0.2) is 0 Å². The molecular formula is C19H22BrN3O2. The number of benzene rings is 1. The number of ether oxygens (including phenoxy) is 1. The van der Waals surface area contributed by atoms with Gasteiger partial charge in [0, 0.05) is 29.4 Å². The first kappa shape index (κ1) is 17.9. The molecule has 1 N–H and O–H groups in total. The first-order valence-corrected chi connectivity index (χ1v) is 9.21. The number of carbonyl (C=O) groups is 1. The smallest absolute Gasteiger partial charge is 0.259 e. The van der Waals surface area contributed by atoms with E-state index in [1.807, 2.05) is 30.3 Å². The van der Waals surface area contributed by atoms with Gasteiger partial charge in [-0.2, -0.15) is 0 Å². The molecule has 1 unspecified atom stereocenters. The molecule has 0 spiro atoms. The molecule has 1 aliphatic heterocycles. The molecule has 1 atom stereocenters. The quantitative estimate of drug-likeness (QED) is 0.834. The molecule has 2 heterocycles. The molecule has 1 saturated heterocycles. The van der Waals surface area contributed by atoms with Crippen LogP contribution in [-0.2, 0) is 4.74 Å². The van der Waals surface area contributed by atoms with E-state index >= 15 is 0 Å². The molecule has 25 heavy (non-hydrogen) atoms. The number of hydrogen-bond donors (Lipinski definition) is 1. The Balaban J connectivity index is 1.83. The number of hydrogen-bond acceptors (Lipinski definition) is 4. The van der Waals surface area contributed by atoms with Crippen LogP contribution in [0.3, 0.4) is 0 Å². The highest BCUT2D eigenvalue weighted by Gasteiger charge is 2.32. The second-order valence-electron chi connectivity index (χ2n) is 6.41. The fourth-order valence-corrected chi connectivity index (χ4v) is 3.15. The summed E-state index contributed by atoms with van der Waals surface area (Å²) in [5.74, 6) is 0.551. The minimum atomic E-state index is -0.213. The van der Waals surface area contributed by atoms with E-state index in [0.717, 1.165) is 29.7 Å². The molecule has 0 saturated carbocycles. The molecule has 1 aliphatic rings. The van der Waals surface area contributed by atoms with Gasteiger partial charge in [0.25, 0.3) is 5.91 Å². The molecule has 132 valence electrons. The van der Waals surface area contributed by atoms with Crippen molar-refractivity contribution in [3.8, 4) is 0 Å². The van der Waals surface area contributed by atoms with Crippen molar-refractivity contribution in [2.45, 2.75) is 25.9 Å². The van der Waals surface area contributed by atoms with Crippen molar-refractivity contribution < 1.29 is 9.53 Å². The standard InChI is InChI=1S/C19H22BrN3O2/c1-3-19(2)13-23(11-12-25-19)17-16(5-4-10-21-17)18(24)22-15-8-6-14(20)7-9-15/h4-10H,3,11-13H2,1-2H3,(H,22,24). The lowest BCUT2D eigenvalue weighted by Gasteiger charge is -2.41. The Bertz CT molecular complexity index is 751. The maximum absolute atomic E-state index is 12.8. The number of morpholine rings is 1. The maximum Gasteiger partial charge on any atom is 0.259 e. The molecule has 0 aliphatic carbocycles. The van der Waals surface area contributed by atoms with Crippen molar-refractivity contribution in [2.24, 2.45) is 0 Å². The van der Waals surface area contributed by atoms with E-state index in [-0.39, 0.29) is 11.5 Å². The van der Waals surface area contributed by atoms with Crippen LogP contribution in [0, 0.1) is 0 Å². The second kappa shape index (κ2) is 7.54. The monoisotopic (exact) mass is 403 g/mol. The molecule has 1 aromatic heterocycles. The van der Waals surface area contributed by atoms with E-state index in [0.29, 0.717) is 18.0 Å². The van der Waals surface area contributed by atoms with Gasteiger partial charge in [-0.15, -0.1) is 0 Å². The zero-order chi connectivity index (χ0) is 17.9. The van der Waals surface area contributed by atoms with Gasteiger partial charge in [0.1, 0.15) is 5.82 Å². The molecule has 2 aromatic rings. The Morgan fingerprint density at radius 2 is 2.12 bits per heavy atom. The molecule has 0 radical (unpaired) electrons. The molecule has 1 fully saturated rings. The van der Waals surface area contributed by atoms with E-state index in [1.165, 1.54) is 0 Å². The van der Waals surface area contributed by atoms with E-state index in [1.54, 1.807) is 12.3 Å². The van der Waals surface area contributed by atoms with Crippen LogP contribution in [0.4, 0.5) is 11.5 Å². The number of nitrogens with one attached hydrogen (secondary N) is 1. The van der Waals surface area contributed by atoms with Crippen LogP contribution < -0.4 is 10.2 Å². The van der Waals surface area contributed by atoms with Crippen molar-refractivity contribution in [1.82, 2.24) is 4.98 Å². The first-order valence-electron chi connectivity index (χ1n) is 8.41. The summed E-state index contributed by atoms with van der Waals surface area (Å²) >= 11 is 3.40. The van der Waals surface area contributed by atoms with E-state index in [9.17, 15) is 4.79 Å². The van der Waals surface area contributed by atoms with E-state index in [4.69, 9.17) is 4.74 Å². The lowest BCUT2D eigenvalue weighted by molar-refractivity contribution is -0.0443. The normalized spacial score (nSPS) is 20.4. The van der Waals surface area contributed by atoms with Gasteiger partial charge in [-0.05, 0) is 49.7 Å². The second-order valence-corrected chi connectivity index (χ2v) is 7.32. The summed E-state index contributed by atoms with van der Waals surface area (Å²) in [4.78, 5) is 19.4. The summed E-state index contributed by atoms with van der Waals surface area (Å²) in [6.45, 7) is 6.30. The third kappa shape index (κ3) is 4.19. The van der Waals surface area contributed by atoms with Crippen LogP contribution in [0.15, 0.2) is 47.1 Å². The summed E-state index contributed by atoms with van der Waals surface area (Å²) in [5.41, 5.74) is 1.11. The molecule has 5 nitrogen and oxygen atoms in total. The first-order chi connectivity index (χ1) is 12.0. The Hall–Kier alpha value is -1.92. The molecule has 3 rings (SSSR count). The number of pyridine rings is 1. The molecule has 6 heteroatoms. The average Bonchev–Trinajstić information content (AvgIpc) is 2.63. The minimum Gasteiger partial charge on any atom is -0.372 e. The number of aromatic nitrogens is 1. The number of halogens is 1. The summed E-state index contributed by atoms with van der Waals surface area (Å²) in [5, 5.41) is 2.94. The highest BCUT2D eigenvalue weighted by Crippen LogP contribution is 2.27. The number of nitrogens with zero attached hydrogens (tertiary/aromatic N) is 2. The van der Waals surface area contributed by atoms with Crippen molar-refractivity contribution >= 4 is 33.3 Å². The third-order valence-electron chi connectivity index (χ3n) is 4.52. The molecule has 0 bridgehead atoms. The van der Waals surface area contributed by atoms with Gasteiger partial charge in [-0.3, -0.25) is 4.79 Å². The van der Waals surface area contributed by atoms with Crippen molar-refractivity contribution in [3.63, 3.8) is 0 Å². The summed E-state index contributed by atoms with van der Waals surface area (Å²) in [6.07, 6.45) is 2.64. The zero-order valence-corrected chi connectivity index (χ0v) is 16.0. The van der Waals surface area contributed by atoms with Gasteiger partial charge in [0.05, 0.1) is 17.8 Å². The van der Waals surface area contributed by atoms with Gasteiger partial charge < -0.3 is 15.0 Å². The Morgan fingerprint density at radius 1 is 1.36 bits per heavy atom. The van der Waals surface area contributed by atoms with Crippen LogP contribution in [0.2, 0.25) is 0 Å². The highest BCUT2D eigenvalue weighted by atomic mass is 79.9. The molecule has 1 amide bonds. The van der Waals surface area contributed by atoms with Gasteiger partial charge in [0.2, 0.25) is 0 Å². The number of anilines is 2. The fraction of sp³-hybridized carbons (Fsp3) is 0.368. The van der Waals surface area contributed by atoms with Crippen LogP contribution in [-0.4, -0.2) is 36.2 Å². The Morgan fingerprint density at radius 3 is 2.84 bits per heavy atom. The van der Waals surface area contributed by atoms with Crippen molar-refractivity contribution in [3.05, 3.63) is 52.6 Å². The van der Waals surface area contributed by atoms with E-state index in [2.05, 4.69) is 45.0 Å². The summed E-state index contributed by atoms with van der Waals surface area (Å²) in [7, 11) is 0. The lowest BCUT2D eigenvalue weighted by atomic mass is 10.0. The van der Waals surface area contributed by atoms with Gasteiger partial charge in [-0.1, -0.05) is 22.9 Å². The van der Waals surface area contributed by atoms with Crippen molar-refractivity contribution in [2.75, 3.05) is 29.9 Å². The number of amides is 1. The van der Waals surface area contributed by atoms with Gasteiger partial charge >= 0.3 is 0 Å². The van der Waals surface area contributed by atoms with Crippen molar-refractivity contribution in [1.29, 1.82) is 0 Å². The average molecular weight is 404 g/mol.